The first-order valence-corrected chi connectivity index (χ1v) is 5.59. The number of ether oxygens (including phenoxy) is 1. The lowest BCUT2D eigenvalue weighted by Crippen LogP contribution is -2.37. The van der Waals surface area contributed by atoms with Crippen molar-refractivity contribution in [1.29, 1.82) is 0 Å². The fourth-order valence-corrected chi connectivity index (χ4v) is 1.11. The molecule has 15 heavy (non-hydrogen) atoms. The van der Waals surface area contributed by atoms with Crippen LogP contribution in [0.1, 0.15) is 27.2 Å². The van der Waals surface area contributed by atoms with Crippen LogP contribution in [0.5, 0.6) is 0 Å². The molecule has 3 nitrogen and oxygen atoms in total. The Morgan fingerprint density at radius 3 is 2.53 bits per heavy atom. The molecular weight excluding hydrogens is 214 g/mol. The van der Waals surface area contributed by atoms with E-state index in [1.54, 1.807) is 11.0 Å². The van der Waals surface area contributed by atoms with Crippen molar-refractivity contribution in [2.75, 3.05) is 19.0 Å². The van der Waals surface area contributed by atoms with Gasteiger partial charge in [-0.3, -0.25) is 0 Å². The van der Waals surface area contributed by atoms with Crippen molar-refractivity contribution >= 4 is 17.7 Å². The lowest BCUT2D eigenvalue weighted by Gasteiger charge is -2.26. The van der Waals surface area contributed by atoms with Crippen LogP contribution in [0.25, 0.3) is 0 Å². The number of nitrogens with zero attached hydrogens (tertiary/aromatic N) is 1. The van der Waals surface area contributed by atoms with Crippen molar-refractivity contribution in [1.82, 2.24) is 4.90 Å². The molecule has 0 radical (unpaired) electrons. The Labute approximate surface area is 97.0 Å². The predicted octanol–water partition coefficient (Wildman–Crippen LogP) is 3.04. The third kappa shape index (κ3) is 7.25. The molecule has 0 aliphatic carbocycles. The molecule has 1 amide bonds. The van der Waals surface area contributed by atoms with Crippen LogP contribution < -0.4 is 0 Å². The normalized spacial score (nSPS) is 10.9. The summed E-state index contributed by atoms with van der Waals surface area (Å²) in [5.41, 5.74) is -0.461. The highest BCUT2D eigenvalue weighted by molar-refractivity contribution is 6.17. The molecule has 0 aromatic heterocycles. The second-order valence-corrected chi connectivity index (χ2v) is 4.64. The lowest BCUT2D eigenvalue weighted by atomic mass is 10.2. The van der Waals surface area contributed by atoms with Gasteiger partial charge in [0.25, 0.3) is 0 Å². The molecule has 0 aliphatic heterocycles. The average molecular weight is 234 g/mol. The standard InChI is InChI=1S/C11H20ClNO2/c1-5-8-13(9-6-7-12)10(14)15-11(2,3)4/h5H,1,6-9H2,2-4H3. The molecular formula is C11H20ClNO2. The van der Waals surface area contributed by atoms with Crippen molar-refractivity contribution < 1.29 is 9.53 Å². The number of hydrogen-bond acceptors (Lipinski definition) is 2. The van der Waals surface area contributed by atoms with Crippen LogP contribution in [-0.4, -0.2) is 35.6 Å². The molecule has 0 unspecified atom stereocenters. The molecule has 0 saturated carbocycles. The summed E-state index contributed by atoms with van der Waals surface area (Å²) < 4.78 is 5.25. The minimum atomic E-state index is -0.461. The van der Waals surface area contributed by atoms with Gasteiger partial charge in [-0.1, -0.05) is 6.08 Å². The summed E-state index contributed by atoms with van der Waals surface area (Å²) in [4.78, 5) is 13.3. The molecule has 0 bridgehead atoms. The van der Waals surface area contributed by atoms with Gasteiger partial charge in [0.2, 0.25) is 0 Å². The van der Waals surface area contributed by atoms with E-state index in [1.807, 2.05) is 20.8 Å². The molecule has 0 saturated heterocycles. The maximum atomic E-state index is 11.7. The lowest BCUT2D eigenvalue weighted by molar-refractivity contribution is 0.0272. The molecule has 0 fully saturated rings. The van der Waals surface area contributed by atoms with E-state index in [0.29, 0.717) is 19.0 Å². The summed E-state index contributed by atoms with van der Waals surface area (Å²) in [6.45, 7) is 10.2. The molecule has 0 atom stereocenters. The van der Waals surface area contributed by atoms with Crippen LogP contribution in [0, 0.1) is 0 Å². The van der Waals surface area contributed by atoms with E-state index < -0.39 is 5.60 Å². The summed E-state index contributed by atoms with van der Waals surface area (Å²) in [6, 6.07) is 0. The first kappa shape index (κ1) is 14.3. The zero-order valence-corrected chi connectivity index (χ0v) is 10.5. The molecule has 0 aliphatic rings. The van der Waals surface area contributed by atoms with Gasteiger partial charge in [-0.25, -0.2) is 4.79 Å². The molecule has 4 heteroatoms. The van der Waals surface area contributed by atoms with Gasteiger partial charge < -0.3 is 9.64 Å². The van der Waals surface area contributed by atoms with E-state index in [4.69, 9.17) is 16.3 Å². The maximum Gasteiger partial charge on any atom is 0.410 e. The number of carbonyl (C=O) groups excluding carboxylic acids is 1. The molecule has 88 valence electrons. The number of rotatable bonds is 5. The van der Waals surface area contributed by atoms with Crippen LogP contribution in [0.3, 0.4) is 0 Å². The third-order valence-electron chi connectivity index (χ3n) is 1.56. The zero-order chi connectivity index (χ0) is 11.9. The average Bonchev–Trinajstić information content (AvgIpc) is 2.09. The Kier molecular flexibility index (Phi) is 6.41. The fourth-order valence-electron chi connectivity index (χ4n) is 0.990. The molecule has 0 N–H and O–H groups in total. The molecule has 0 aromatic carbocycles. The Bertz CT molecular complexity index is 211. The van der Waals surface area contributed by atoms with Crippen molar-refractivity contribution in [3.8, 4) is 0 Å². The molecule has 0 heterocycles. The fraction of sp³-hybridized carbons (Fsp3) is 0.727. The second kappa shape index (κ2) is 6.72. The highest BCUT2D eigenvalue weighted by atomic mass is 35.5. The largest absolute Gasteiger partial charge is 0.444 e. The van der Waals surface area contributed by atoms with Crippen LogP contribution >= 0.6 is 11.6 Å². The highest BCUT2D eigenvalue weighted by Crippen LogP contribution is 2.10. The van der Waals surface area contributed by atoms with Gasteiger partial charge in [-0.2, -0.15) is 0 Å². The molecule has 0 spiro atoms. The Hall–Kier alpha value is -0.700. The maximum absolute atomic E-state index is 11.7. The minimum absolute atomic E-state index is 0.312. The number of hydrogen-bond donors (Lipinski definition) is 0. The van der Waals surface area contributed by atoms with Crippen molar-refractivity contribution in [3.63, 3.8) is 0 Å². The Morgan fingerprint density at radius 2 is 2.13 bits per heavy atom. The Morgan fingerprint density at radius 1 is 1.53 bits per heavy atom. The van der Waals surface area contributed by atoms with E-state index in [-0.39, 0.29) is 6.09 Å². The molecule has 0 rings (SSSR count). The number of carbonyl (C=O) groups is 1. The summed E-state index contributed by atoms with van der Waals surface area (Å²) >= 11 is 5.58. The molecule has 0 aromatic rings. The summed E-state index contributed by atoms with van der Waals surface area (Å²) in [6.07, 6.45) is 2.12. The first-order chi connectivity index (χ1) is 6.90. The second-order valence-electron chi connectivity index (χ2n) is 4.26. The van der Waals surface area contributed by atoms with Crippen molar-refractivity contribution in [2.24, 2.45) is 0 Å². The van der Waals surface area contributed by atoms with Gasteiger partial charge in [0, 0.05) is 19.0 Å². The van der Waals surface area contributed by atoms with Gasteiger partial charge in [-0.05, 0) is 27.2 Å². The van der Waals surface area contributed by atoms with E-state index >= 15 is 0 Å². The quantitative estimate of drug-likeness (QED) is 0.540. The van der Waals surface area contributed by atoms with Gasteiger partial charge in [0.15, 0.2) is 0 Å². The van der Waals surface area contributed by atoms with Crippen molar-refractivity contribution in [3.05, 3.63) is 12.7 Å². The number of amides is 1. The number of alkyl halides is 1. The van der Waals surface area contributed by atoms with Crippen LogP contribution in [0.4, 0.5) is 4.79 Å². The third-order valence-corrected chi connectivity index (χ3v) is 1.83. The van der Waals surface area contributed by atoms with Gasteiger partial charge in [-0.15, -0.1) is 18.2 Å². The van der Waals surface area contributed by atoms with E-state index in [1.165, 1.54) is 0 Å². The summed E-state index contributed by atoms with van der Waals surface area (Å²) in [5, 5.41) is 0. The smallest absolute Gasteiger partial charge is 0.410 e. The van der Waals surface area contributed by atoms with Crippen molar-refractivity contribution in [2.45, 2.75) is 32.8 Å². The monoisotopic (exact) mass is 233 g/mol. The Balaban J connectivity index is 4.21. The van der Waals surface area contributed by atoms with Crippen LogP contribution in [-0.2, 0) is 4.74 Å². The van der Waals surface area contributed by atoms with E-state index in [9.17, 15) is 4.79 Å². The number of halogens is 1. The summed E-state index contributed by atoms with van der Waals surface area (Å²) in [7, 11) is 0. The van der Waals surface area contributed by atoms with Gasteiger partial charge in [0.05, 0.1) is 0 Å². The van der Waals surface area contributed by atoms with E-state index in [2.05, 4.69) is 6.58 Å². The van der Waals surface area contributed by atoms with E-state index in [0.717, 1.165) is 6.42 Å². The topological polar surface area (TPSA) is 29.5 Å². The predicted molar refractivity (Wildman–Crippen MR) is 63.3 cm³/mol. The van der Waals surface area contributed by atoms with Gasteiger partial charge in [0.1, 0.15) is 5.60 Å². The highest BCUT2D eigenvalue weighted by Gasteiger charge is 2.20. The zero-order valence-electron chi connectivity index (χ0n) is 9.75. The van der Waals surface area contributed by atoms with Crippen LogP contribution in [0.15, 0.2) is 12.7 Å². The van der Waals surface area contributed by atoms with Gasteiger partial charge >= 0.3 is 6.09 Å². The van der Waals surface area contributed by atoms with Crippen LogP contribution in [0.2, 0.25) is 0 Å². The first-order valence-electron chi connectivity index (χ1n) is 5.05. The summed E-state index contributed by atoms with van der Waals surface area (Å²) in [5.74, 6) is 0.538. The SMILES string of the molecule is C=CCN(CCCCl)C(=O)OC(C)(C)C. The minimum Gasteiger partial charge on any atom is -0.444 e.